The lowest BCUT2D eigenvalue weighted by Crippen LogP contribution is -2.20. The van der Waals surface area contributed by atoms with Crippen LogP contribution in [0.15, 0.2) is 54.0 Å². The number of hydrogen-bond acceptors (Lipinski definition) is 6. The van der Waals surface area contributed by atoms with E-state index < -0.39 is 6.10 Å². The smallest absolute Gasteiger partial charge is 0.187 e. The Hall–Kier alpha value is -2.15. The number of halogens is 1. The van der Waals surface area contributed by atoms with Crippen LogP contribution in [0.5, 0.6) is 0 Å². The Bertz CT molecular complexity index is 764. The van der Waals surface area contributed by atoms with Crippen molar-refractivity contribution in [2.45, 2.75) is 6.10 Å². The summed E-state index contributed by atoms with van der Waals surface area (Å²) in [5.41, 5.74) is 3.59. The van der Waals surface area contributed by atoms with Gasteiger partial charge in [-0.1, -0.05) is 6.07 Å². The maximum atomic E-state index is 9.45. The molecule has 0 fully saturated rings. The molecule has 5 nitrogen and oxygen atoms in total. The van der Waals surface area contributed by atoms with Gasteiger partial charge in [-0.15, -0.1) is 22.9 Å². The van der Waals surface area contributed by atoms with Crippen molar-refractivity contribution < 1.29 is 5.11 Å². The number of thiazole rings is 1. The van der Waals surface area contributed by atoms with Gasteiger partial charge in [-0.2, -0.15) is 0 Å². The quantitative estimate of drug-likeness (QED) is 0.556. The fourth-order valence-corrected chi connectivity index (χ4v) is 2.88. The van der Waals surface area contributed by atoms with Gasteiger partial charge in [0.2, 0.25) is 0 Å². The van der Waals surface area contributed by atoms with E-state index in [0.29, 0.717) is 6.54 Å². The third-order valence-electron chi connectivity index (χ3n) is 3.29. The topological polar surface area (TPSA) is 70.1 Å². The van der Waals surface area contributed by atoms with E-state index in [1.807, 2.05) is 47.8 Å². The summed E-state index contributed by atoms with van der Waals surface area (Å²) in [5, 5.41) is 18.6. The zero-order valence-corrected chi connectivity index (χ0v) is 14.4. The fourth-order valence-electron chi connectivity index (χ4n) is 2.05. The molecule has 0 bridgehead atoms. The second-order valence-corrected chi connectivity index (χ2v) is 6.31. The molecule has 0 aliphatic heterocycles. The van der Waals surface area contributed by atoms with Crippen LogP contribution in [-0.4, -0.2) is 33.6 Å². The molecule has 0 amide bonds. The van der Waals surface area contributed by atoms with Gasteiger partial charge < -0.3 is 15.7 Å². The third-order valence-corrected chi connectivity index (χ3v) is 4.40. The molecule has 1 atom stereocenters. The first-order valence-electron chi connectivity index (χ1n) is 7.46. The number of aromatic nitrogens is 2. The lowest BCUT2D eigenvalue weighted by atomic mass is 10.2. The lowest BCUT2D eigenvalue weighted by molar-refractivity contribution is 0.211. The van der Waals surface area contributed by atoms with Crippen LogP contribution in [0.4, 0.5) is 16.5 Å². The van der Waals surface area contributed by atoms with E-state index in [2.05, 4.69) is 20.6 Å². The molecular weight excluding hydrogens is 344 g/mol. The van der Waals surface area contributed by atoms with Gasteiger partial charge in [0.15, 0.2) is 5.13 Å². The minimum absolute atomic E-state index is 0.218. The number of benzene rings is 1. The first kappa shape index (κ1) is 16.7. The molecule has 2 heterocycles. The van der Waals surface area contributed by atoms with E-state index in [1.165, 1.54) is 11.3 Å². The molecule has 1 unspecified atom stereocenters. The number of aliphatic hydroxyl groups excluding tert-OH is 1. The van der Waals surface area contributed by atoms with Gasteiger partial charge in [-0.05, 0) is 36.4 Å². The number of pyridine rings is 1. The Kier molecular flexibility index (Phi) is 5.63. The molecule has 3 rings (SSSR count). The van der Waals surface area contributed by atoms with Crippen molar-refractivity contribution >= 4 is 39.4 Å². The van der Waals surface area contributed by atoms with Crippen LogP contribution >= 0.6 is 22.9 Å². The highest BCUT2D eigenvalue weighted by atomic mass is 35.5. The number of aliphatic hydroxyl groups is 1. The van der Waals surface area contributed by atoms with Crippen LogP contribution in [0.25, 0.3) is 11.4 Å². The summed E-state index contributed by atoms with van der Waals surface area (Å²) in [7, 11) is 0. The normalized spacial score (nSPS) is 11.9. The Labute approximate surface area is 149 Å². The van der Waals surface area contributed by atoms with Gasteiger partial charge >= 0.3 is 0 Å². The van der Waals surface area contributed by atoms with E-state index in [4.69, 9.17) is 11.6 Å². The number of anilines is 3. The Morgan fingerprint density at radius 2 is 1.88 bits per heavy atom. The van der Waals surface area contributed by atoms with Crippen molar-refractivity contribution in [1.29, 1.82) is 0 Å². The lowest BCUT2D eigenvalue weighted by Gasteiger charge is -2.10. The summed E-state index contributed by atoms with van der Waals surface area (Å²) in [5.74, 6) is 0.218. The molecule has 124 valence electrons. The minimum atomic E-state index is -0.551. The van der Waals surface area contributed by atoms with Gasteiger partial charge in [0.1, 0.15) is 5.69 Å². The van der Waals surface area contributed by atoms with Crippen molar-refractivity contribution in [2.75, 3.05) is 23.1 Å². The van der Waals surface area contributed by atoms with Crippen molar-refractivity contribution in [3.63, 3.8) is 0 Å². The largest absolute Gasteiger partial charge is 0.390 e. The predicted octanol–water partition coefficient (Wildman–Crippen LogP) is 3.96. The molecule has 0 saturated heterocycles. The summed E-state index contributed by atoms with van der Waals surface area (Å²) in [6.45, 7) is 0.427. The maximum Gasteiger partial charge on any atom is 0.187 e. The number of alkyl halides is 1. The second-order valence-electron chi connectivity index (χ2n) is 5.14. The summed E-state index contributed by atoms with van der Waals surface area (Å²) in [6.07, 6.45) is 1.21. The Balaban J connectivity index is 1.61. The highest BCUT2D eigenvalue weighted by molar-refractivity contribution is 7.14. The van der Waals surface area contributed by atoms with E-state index in [1.54, 1.807) is 6.20 Å². The molecule has 3 N–H and O–H groups in total. The molecule has 0 saturated carbocycles. The SMILES string of the molecule is OC(CCl)CNc1ccc(Nc2nc(-c3ccccn3)cs2)cc1. The van der Waals surface area contributed by atoms with Gasteiger partial charge in [0, 0.05) is 29.5 Å². The predicted molar refractivity (Wildman–Crippen MR) is 100 cm³/mol. The molecule has 0 spiro atoms. The molecule has 0 aliphatic carbocycles. The van der Waals surface area contributed by atoms with Crippen LogP contribution in [0.1, 0.15) is 0 Å². The van der Waals surface area contributed by atoms with Crippen LogP contribution in [0, 0.1) is 0 Å². The molecule has 7 heteroatoms. The van der Waals surface area contributed by atoms with Gasteiger partial charge in [-0.3, -0.25) is 4.98 Å². The van der Waals surface area contributed by atoms with E-state index >= 15 is 0 Å². The van der Waals surface area contributed by atoms with Gasteiger partial charge in [-0.25, -0.2) is 4.98 Å². The molecule has 1 aromatic carbocycles. The highest BCUT2D eigenvalue weighted by Gasteiger charge is 2.06. The highest BCUT2D eigenvalue weighted by Crippen LogP contribution is 2.26. The zero-order chi connectivity index (χ0) is 16.8. The molecular formula is C17H17ClN4OS. The van der Waals surface area contributed by atoms with Crippen molar-refractivity contribution in [3.8, 4) is 11.4 Å². The molecule has 2 aromatic heterocycles. The van der Waals surface area contributed by atoms with Gasteiger partial charge in [0.05, 0.1) is 17.7 Å². The molecule has 0 radical (unpaired) electrons. The third kappa shape index (κ3) is 4.44. The minimum Gasteiger partial charge on any atom is -0.390 e. The number of nitrogens with zero attached hydrogens (tertiary/aromatic N) is 2. The van der Waals surface area contributed by atoms with Gasteiger partial charge in [0.25, 0.3) is 0 Å². The summed E-state index contributed by atoms with van der Waals surface area (Å²) in [6, 6.07) is 13.6. The van der Waals surface area contributed by atoms with Crippen LogP contribution in [0.2, 0.25) is 0 Å². The summed E-state index contributed by atoms with van der Waals surface area (Å²) < 4.78 is 0. The van der Waals surface area contributed by atoms with Crippen molar-refractivity contribution in [3.05, 3.63) is 54.0 Å². The number of nitrogens with one attached hydrogen (secondary N) is 2. The number of hydrogen-bond donors (Lipinski definition) is 3. The van der Waals surface area contributed by atoms with E-state index in [9.17, 15) is 5.11 Å². The first-order valence-corrected chi connectivity index (χ1v) is 8.88. The fraction of sp³-hybridized carbons (Fsp3) is 0.176. The summed E-state index contributed by atoms with van der Waals surface area (Å²) in [4.78, 5) is 8.85. The number of rotatable bonds is 7. The van der Waals surface area contributed by atoms with E-state index in [0.717, 1.165) is 27.9 Å². The van der Waals surface area contributed by atoms with Crippen molar-refractivity contribution in [1.82, 2.24) is 9.97 Å². The maximum absolute atomic E-state index is 9.45. The zero-order valence-electron chi connectivity index (χ0n) is 12.8. The van der Waals surface area contributed by atoms with E-state index in [-0.39, 0.29) is 5.88 Å². The Morgan fingerprint density at radius 1 is 1.08 bits per heavy atom. The first-order chi connectivity index (χ1) is 11.7. The summed E-state index contributed by atoms with van der Waals surface area (Å²) >= 11 is 7.10. The molecule has 24 heavy (non-hydrogen) atoms. The molecule has 0 aliphatic rings. The molecule has 3 aromatic rings. The average molecular weight is 361 g/mol. The Morgan fingerprint density at radius 3 is 2.58 bits per heavy atom. The van der Waals surface area contributed by atoms with Crippen LogP contribution in [-0.2, 0) is 0 Å². The second kappa shape index (κ2) is 8.10. The average Bonchev–Trinajstić information content (AvgIpc) is 3.10. The van der Waals surface area contributed by atoms with Crippen LogP contribution in [0.3, 0.4) is 0 Å². The van der Waals surface area contributed by atoms with Crippen LogP contribution < -0.4 is 10.6 Å². The standard InChI is InChI=1S/C17H17ClN4OS/c18-9-14(23)10-20-12-4-6-13(7-5-12)21-17-22-16(11-24-17)15-3-1-2-8-19-15/h1-8,11,14,20,23H,9-10H2,(H,21,22). The monoisotopic (exact) mass is 360 g/mol. The van der Waals surface area contributed by atoms with Crippen molar-refractivity contribution in [2.24, 2.45) is 0 Å².